The molecule has 0 N–H and O–H groups in total. The van der Waals surface area contributed by atoms with E-state index in [4.69, 9.17) is 0 Å². The summed E-state index contributed by atoms with van der Waals surface area (Å²) in [6.45, 7) is 1.50. The van der Waals surface area contributed by atoms with E-state index in [0.717, 1.165) is 15.9 Å². The molecule has 0 saturated carbocycles. The maximum Gasteiger partial charge on any atom is 0.189 e. The number of hydrogen-bond acceptors (Lipinski definition) is 3. The number of benzene rings is 4. The number of hydrogen-bond donors (Lipinski definition) is 0. The van der Waals surface area contributed by atoms with Gasteiger partial charge in [0.05, 0.1) is 12.1 Å². The lowest BCUT2D eigenvalue weighted by atomic mass is 9.94. The Bertz CT molecular complexity index is 1310. The Labute approximate surface area is 206 Å². The number of carbonyl (C=O) groups excluding carboxylic acids is 2. The number of ketones is 2. The van der Waals surface area contributed by atoms with E-state index < -0.39 is 13.2 Å². The summed E-state index contributed by atoms with van der Waals surface area (Å²) in [6, 6.07) is 37.4. The molecule has 4 aromatic rings. The van der Waals surface area contributed by atoms with Crippen molar-refractivity contribution < 1.29 is 14.7 Å². The third-order valence-corrected chi connectivity index (χ3v) is 11.2. The first-order valence-electron chi connectivity index (χ1n) is 11.6. The van der Waals surface area contributed by atoms with Gasteiger partial charge in [-0.1, -0.05) is 84.6 Å². The summed E-state index contributed by atoms with van der Waals surface area (Å²) < 4.78 is 0. The molecule has 0 radical (unpaired) electrons. The second-order valence-electron chi connectivity index (χ2n) is 8.78. The van der Waals surface area contributed by atoms with Crippen LogP contribution in [0.25, 0.3) is 5.76 Å². The Kier molecular flexibility index (Phi) is 6.19. The molecule has 0 aromatic heterocycles. The van der Waals surface area contributed by atoms with Crippen LogP contribution in [0, 0.1) is 5.92 Å². The van der Waals surface area contributed by atoms with Crippen LogP contribution >= 0.6 is 7.26 Å². The van der Waals surface area contributed by atoms with Crippen molar-refractivity contribution in [3.8, 4) is 0 Å². The van der Waals surface area contributed by atoms with Gasteiger partial charge in [-0.2, -0.15) is 0 Å². The monoisotopic (exact) mass is 476 g/mol. The Balaban J connectivity index is 1.76. The van der Waals surface area contributed by atoms with Crippen molar-refractivity contribution in [1.29, 1.82) is 0 Å². The standard InChI is InChI=1S/C31H25O3P/c1-22(32)28(29-30(33)26-19-11-12-20-27(26)31(29)34)21-35(23-13-5-2-6-14-23,24-15-7-3-8-16-24)25-17-9-4-10-18-25/h2-20,28H,21H2,1H3. The van der Waals surface area contributed by atoms with Gasteiger partial charge in [0, 0.05) is 11.1 Å². The van der Waals surface area contributed by atoms with Crippen LogP contribution < -0.4 is 21.0 Å². The van der Waals surface area contributed by atoms with E-state index in [0.29, 0.717) is 17.3 Å². The Morgan fingerprint density at radius 2 is 1.09 bits per heavy atom. The van der Waals surface area contributed by atoms with Crippen molar-refractivity contribution in [2.75, 3.05) is 6.16 Å². The molecule has 4 aromatic carbocycles. The van der Waals surface area contributed by atoms with Gasteiger partial charge in [0.15, 0.2) is 5.78 Å². The highest BCUT2D eigenvalue weighted by Crippen LogP contribution is 2.58. The average Bonchev–Trinajstić information content (AvgIpc) is 3.16. The molecule has 1 aliphatic rings. The van der Waals surface area contributed by atoms with Crippen molar-refractivity contribution in [3.63, 3.8) is 0 Å². The zero-order chi connectivity index (χ0) is 24.4. The number of fused-ring (bicyclic) bond motifs is 1. The Morgan fingerprint density at radius 3 is 1.49 bits per heavy atom. The maximum atomic E-state index is 13.5. The van der Waals surface area contributed by atoms with Crippen molar-refractivity contribution in [1.82, 2.24) is 0 Å². The number of allylic oxidation sites excluding steroid dienone is 1. The molecule has 0 heterocycles. The Morgan fingerprint density at radius 1 is 0.686 bits per heavy atom. The number of Topliss-reactive ketones (excluding diaryl/α,β-unsaturated/α-hetero) is 2. The molecule has 1 unspecified atom stereocenters. The van der Waals surface area contributed by atoms with Crippen LogP contribution in [-0.2, 0) is 4.79 Å². The molecule has 0 bridgehead atoms. The largest absolute Gasteiger partial charge is 0.872 e. The zero-order valence-corrected chi connectivity index (χ0v) is 20.3. The quantitative estimate of drug-likeness (QED) is 0.377. The van der Waals surface area contributed by atoms with Gasteiger partial charge < -0.3 is 5.11 Å². The summed E-state index contributed by atoms with van der Waals surface area (Å²) in [4.78, 5) is 26.7. The summed E-state index contributed by atoms with van der Waals surface area (Å²) in [5.74, 6) is -1.62. The van der Waals surface area contributed by atoms with E-state index in [-0.39, 0.29) is 22.9 Å². The third kappa shape index (κ3) is 3.92. The topological polar surface area (TPSA) is 57.2 Å². The number of carbonyl (C=O) groups is 2. The molecule has 0 amide bonds. The smallest absolute Gasteiger partial charge is 0.189 e. The molecular formula is C31H25O3P. The molecule has 0 fully saturated rings. The molecule has 3 nitrogen and oxygen atoms in total. The fourth-order valence-corrected chi connectivity index (χ4v) is 9.65. The lowest BCUT2D eigenvalue weighted by molar-refractivity contribution is -0.244. The first-order chi connectivity index (χ1) is 17.0. The fraction of sp³-hybridized carbons (Fsp3) is 0.0968. The molecule has 0 saturated heterocycles. The molecular weight excluding hydrogens is 451 g/mol. The Hall–Kier alpha value is -3.81. The molecule has 0 spiro atoms. The minimum Gasteiger partial charge on any atom is -0.872 e. The van der Waals surface area contributed by atoms with Crippen LogP contribution in [0.5, 0.6) is 0 Å². The first kappa shape index (κ1) is 23.0. The van der Waals surface area contributed by atoms with Gasteiger partial charge >= 0.3 is 0 Å². The molecule has 5 rings (SSSR count). The van der Waals surface area contributed by atoms with Crippen molar-refractivity contribution >= 4 is 40.5 Å². The van der Waals surface area contributed by atoms with Crippen LogP contribution in [0.2, 0.25) is 0 Å². The summed E-state index contributed by atoms with van der Waals surface area (Å²) in [5, 5.41) is 16.8. The van der Waals surface area contributed by atoms with E-state index >= 15 is 0 Å². The molecule has 1 atom stereocenters. The van der Waals surface area contributed by atoms with Crippen LogP contribution in [0.1, 0.15) is 22.8 Å². The molecule has 35 heavy (non-hydrogen) atoms. The maximum absolute atomic E-state index is 13.5. The average molecular weight is 477 g/mol. The zero-order valence-electron chi connectivity index (χ0n) is 19.4. The lowest BCUT2D eigenvalue weighted by Gasteiger charge is -2.31. The molecule has 0 aliphatic heterocycles. The van der Waals surface area contributed by atoms with Gasteiger partial charge in [0.1, 0.15) is 29.0 Å². The predicted octanol–water partition coefficient (Wildman–Crippen LogP) is 4.15. The second kappa shape index (κ2) is 9.44. The van der Waals surface area contributed by atoms with E-state index in [9.17, 15) is 14.7 Å². The van der Waals surface area contributed by atoms with Crippen molar-refractivity contribution in [3.05, 3.63) is 132 Å². The summed E-state index contributed by atoms with van der Waals surface area (Å²) in [7, 11) is -2.41. The fourth-order valence-electron chi connectivity index (χ4n) is 5.10. The predicted molar refractivity (Wildman–Crippen MR) is 142 cm³/mol. The van der Waals surface area contributed by atoms with Crippen LogP contribution in [0.3, 0.4) is 0 Å². The minimum absolute atomic E-state index is 0.103. The van der Waals surface area contributed by atoms with Crippen molar-refractivity contribution in [2.45, 2.75) is 6.92 Å². The highest BCUT2D eigenvalue weighted by molar-refractivity contribution is 7.95. The van der Waals surface area contributed by atoms with Crippen LogP contribution in [-0.4, -0.2) is 17.7 Å². The minimum atomic E-state index is -2.41. The third-order valence-electron chi connectivity index (χ3n) is 6.79. The second-order valence-corrected chi connectivity index (χ2v) is 12.3. The van der Waals surface area contributed by atoms with Gasteiger partial charge in [-0.25, -0.2) is 0 Å². The first-order valence-corrected chi connectivity index (χ1v) is 13.6. The highest BCUT2D eigenvalue weighted by atomic mass is 31.2. The van der Waals surface area contributed by atoms with E-state index in [1.54, 1.807) is 24.3 Å². The van der Waals surface area contributed by atoms with Crippen LogP contribution in [0.4, 0.5) is 0 Å². The molecule has 172 valence electrons. The molecule has 4 heteroatoms. The normalized spacial score (nSPS) is 14.0. The summed E-state index contributed by atoms with van der Waals surface area (Å²) in [6.07, 6.45) is 0.376. The highest BCUT2D eigenvalue weighted by Gasteiger charge is 2.50. The summed E-state index contributed by atoms with van der Waals surface area (Å²) >= 11 is 0. The van der Waals surface area contributed by atoms with Crippen LogP contribution in [0.15, 0.2) is 121 Å². The SMILES string of the molecule is CC(=O)C(C[P+](c1ccccc1)(c1ccccc1)c1ccccc1)C1=C([O-])c2ccccc2C1=O. The van der Waals surface area contributed by atoms with E-state index in [1.165, 1.54) is 6.92 Å². The van der Waals surface area contributed by atoms with Gasteiger partial charge in [-0.3, -0.25) is 9.59 Å². The van der Waals surface area contributed by atoms with E-state index in [2.05, 4.69) is 36.4 Å². The number of rotatable bonds is 7. The van der Waals surface area contributed by atoms with Gasteiger partial charge in [0.25, 0.3) is 0 Å². The summed E-state index contributed by atoms with van der Waals surface area (Å²) in [5.41, 5.74) is 0.884. The van der Waals surface area contributed by atoms with Gasteiger partial charge in [-0.15, -0.1) is 0 Å². The van der Waals surface area contributed by atoms with E-state index in [1.807, 2.05) is 54.6 Å². The lowest BCUT2D eigenvalue weighted by Crippen LogP contribution is -2.38. The van der Waals surface area contributed by atoms with Crippen molar-refractivity contribution in [2.24, 2.45) is 5.92 Å². The van der Waals surface area contributed by atoms with Gasteiger partial charge in [-0.05, 0) is 48.9 Å². The van der Waals surface area contributed by atoms with Gasteiger partial charge in [0.2, 0.25) is 0 Å². The molecule has 1 aliphatic carbocycles.